The lowest BCUT2D eigenvalue weighted by molar-refractivity contribution is 0.0954. The molecule has 0 unspecified atom stereocenters. The normalized spacial score (nSPS) is 10.5. The maximum Gasteiger partial charge on any atom is 0.254 e. The van der Waals surface area contributed by atoms with Crippen LogP contribution in [0, 0.1) is 5.82 Å². The van der Waals surface area contributed by atoms with Gasteiger partial charge in [0.2, 0.25) is 0 Å². The van der Waals surface area contributed by atoms with Crippen molar-refractivity contribution in [3.63, 3.8) is 0 Å². The molecule has 0 spiro atoms. The van der Waals surface area contributed by atoms with Crippen molar-refractivity contribution in [2.75, 3.05) is 11.9 Å². The molecular formula is C23H22ClFN4O. The van der Waals surface area contributed by atoms with Crippen molar-refractivity contribution in [2.45, 2.75) is 20.3 Å². The number of carbonyl (C=O) groups excluding carboxylic acids is 1. The van der Waals surface area contributed by atoms with Gasteiger partial charge in [-0.15, -0.1) is 0 Å². The number of carbonyl (C=O) groups is 1. The van der Waals surface area contributed by atoms with Gasteiger partial charge in [0.15, 0.2) is 0 Å². The molecule has 2 aromatic heterocycles. The molecule has 0 fully saturated rings. The summed E-state index contributed by atoms with van der Waals surface area (Å²) in [5.41, 5.74) is 3.84. The highest BCUT2D eigenvalue weighted by Crippen LogP contribution is 2.32. The van der Waals surface area contributed by atoms with Gasteiger partial charge in [-0.25, -0.2) is 4.39 Å². The summed E-state index contributed by atoms with van der Waals surface area (Å²) in [5, 5.41) is 6.53. The van der Waals surface area contributed by atoms with Crippen LogP contribution < -0.4 is 10.6 Å². The van der Waals surface area contributed by atoms with E-state index in [1.807, 2.05) is 13.8 Å². The van der Waals surface area contributed by atoms with Crippen LogP contribution in [0.15, 0.2) is 55.5 Å². The van der Waals surface area contributed by atoms with Crippen LogP contribution in [-0.4, -0.2) is 22.4 Å². The summed E-state index contributed by atoms with van der Waals surface area (Å²) in [6, 6.07) is 7.74. The fraction of sp³-hybridized carbons (Fsp3) is 0.174. The summed E-state index contributed by atoms with van der Waals surface area (Å²) in [7, 11) is 0. The van der Waals surface area contributed by atoms with Gasteiger partial charge in [0.05, 0.1) is 16.9 Å². The van der Waals surface area contributed by atoms with E-state index < -0.39 is 5.82 Å². The topological polar surface area (TPSA) is 66.9 Å². The Hall–Kier alpha value is -3.25. The first-order valence-corrected chi connectivity index (χ1v) is 9.89. The van der Waals surface area contributed by atoms with E-state index in [9.17, 15) is 9.18 Å². The standard InChI is InChI=1S/C23H22ClFN4O/c1-4-8-27-23(30)18-12-26-9-7-20(18)29-22-11-21(28-13-17(22)14(2)3)16-10-15(24)5-6-19(16)25/h5-7,9-13H,2,4,8H2,1,3H3,(H,27,30)(H,26,28,29). The lowest BCUT2D eigenvalue weighted by atomic mass is 10.0. The van der Waals surface area contributed by atoms with Gasteiger partial charge in [0, 0.05) is 47.0 Å². The highest BCUT2D eigenvalue weighted by Gasteiger charge is 2.15. The molecule has 3 rings (SSSR count). The van der Waals surface area contributed by atoms with Crippen molar-refractivity contribution in [1.29, 1.82) is 0 Å². The third kappa shape index (κ3) is 4.83. The minimum absolute atomic E-state index is 0.223. The number of halogens is 2. The lowest BCUT2D eigenvalue weighted by Crippen LogP contribution is -2.25. The third-order valence-corrected chi connectivity index (χ3v) is 4.67. The predicted molar refractivity (Wildman–Crippen MR) is 119 cm³/mol. The van der Waals surface area contributed by atoms with Crippen molar-refractivity contribution in [3.05, 3.63) is 77.5 Å². The first kappa shape index (κ1) is 21.5. The monoisotopic (exact) mass is 424 g/mol. The number of rotatable bonds is 7. The summed E-state index contributed by atoms with van der Waals surface area (Å²) in [6.07, 6.45) is 5.55. The van der Waals surface area contributed by atoms with E-state index in [4.69, 9.17) is 11.6 Å². The predicted octanol–water partition coefficient (Wildman–Crippen LogP) is 5.85. The first-order chi connectivity index (χ1) is 14.4. The molecule has 154 valence electrons. The Labute approximate surface area is 180 Å². The smallest absolute Gasteiger partial charge is 0.254 e. The number of anilines is 2. The Kier molecular flexibility index (Phi) is 6.79. The fourth-order valence-corrected chi connectivity index (χ4v) is 3.08. The molecule has 2 N–H and O–H groups in total. The van der Waals surface area contributed by atoms with E-state index in [2.05, 4.69) is 27.2 Å². The zero-order valence-electron chi connectivity index (χ0n) is 16.8. The molecule has 0 radical (unpaired) electrons. The summed E-state index contributed by atoms with van der Waals surface area (Å²) >= 11 is 6.04. The molecule has 5 nitrogen and oxygen atoms in total. The van der Waals surface area contributed by atoms with Crippen LogP contribution in [0.2, 0.25) is 5.02 Å². The molecule has 0 aliphatic carbocycles. The van der Waals surface area contributed by atoms with Crippen LogP contribution in [0.4, 0.5) is 15.8 Å². The van der Waals surface area contributed by atoms with Gasteiger partial charge in [0.25, 0.3) is 5.91 Å². The first-order valence-electron chi connectivity index (χ1n) is 9.51. The Morgan fingerprint density at radius 1 is 1.17 bits per heavy atom. The minimum Gasteiger partial charge on any atom is -0.354 e. The number of hydrogen-bond donors (Lipinski definition) is 2. The summed E-state index contributed by atoms with van der Waals surface area (Å²) < 4.78 is 14.4. The number of nitrogens with one attached hydrogen (secondary N) is 2. The number of aromatic nitrogens is 2. The summed E-state index contributed by atoms with van der Waals surface area (Å²) in [6.45, 7) is 8.39. The van der Waals surface area contributed by atoms with E-state index in [0.717, 1.165) is 17.6 Å². The zero-order chi connectivity index (χ0) is 21.7. The van der Waals surface area contributed by atoms with E-state index >= 15 is 0 Å². The second-order valence-corrected chi connectivity index (χ2v) is 7.26. The Balaban J connectivity index is 2.05. The molecule has 3 aromatic rings. The van der Waals surface area contributed by atoms with Crippen LogP contribution >= 0.6 is 11.6 Å². The molecule has 1 amide bonds. The fourth-order valence-electron chi connectivity index (χ4n) is 2.90. The Morgan fingerprint density at radius 3 is 2.70 bits per heavy atom. The number of allylic oxidation sites excluding steroid dienone is 1. The molecule has 30 heavy (non-hydrogen) atoms. The molecule has 0 aliphatic heterocycles. The van der Waals surface area contributed by atoms with Crippen molar-refractivity contribution >= 4 is 34.5 Å². The molecule has 0 saturated carbocycles. The van der Waals surface area contributed by atoms with Crippen molar-refractivity contribution < 1.29 is 9.18 Å². The SMILES string of the molecule is C=C(C)c1cnc(-c2cc(Cl)ccc2F)cc1Nc1ccncc1C(=O)NCCC. The quantitative estimate of drug-likeness (QED) is 0.499. The molecule has 7 heteroatoms. The number of amides is 1. The Morgan fingerprint density at radius 2 is 1.97 bits per heavy atom. The summed E-state index contributed by atoms with van der Waals surface area (Å²) in [5.74, 6) is -0.649. The second-order valence-electron chi connectivity index (χ2n) is 6.82. The van der Waals surface area contributed by atoms with Gasteiger partial charge in [-0.2, -0.15) is 0 Å². The highest BCUT2D eigenvalue weighted by atomic mass is 35.5. The summed E-state index contributed by atoms with van der Waals surface area (Å²) in [4.78, 5) is 21.0. The largest absolute Gasteiger partial charge is 0.354 e. The maximum atomic E-state index is 14.4. The van der Waals surface area contributed by atoms with Gasteiger partial charge >= 0.3 is 0 Å². The van der Waals surface area contributed by atoms with Gasteiger partial charge in [-0.1, -0.05) is 25.1 Å². The molecule has 0 saturated heterocycles. The van der Waals surface area contributed by atoms with Crippen LogP contribution in [0.1, 0.15) is 36.2 Å². The average molecular weight is 425 g/mol. The van der Waals surface area contributed by atoms with E-state index in [1.165, 1.54) is 24.4 Å². The molecule has 0 aliphatic rings. The van der Waals surface area contributed by atoms with Gasteiger partial charge in [-0.3, -0.25) is 14.8 Å². The van der Waals surface area contributed by atoms with Gasteiger partial charge in [-0.05, 0) is 49.2 Å². The molecule has 0 bridgehead atoms. The molecule has 1 aromatic carbocycles. The van der Waals surface area contributed by atoms with Crippen LogP contribution in [0.3, 0.4) is 0 Å². The van der Waals surface area contributed by atoms with Gasteiger partial charge < -0.3 is 10.6 Å². The maximum absolute atomic E-state index is 14.4. The van der Waals surface area contributed by atoms with E-state index in [0.29, 0.717) is 34.2 Å². The van der Waals surface area contributed by atoms with Crippen molar-refractivity contribution in [1.82, 2.24) is 15.3 Å². The molecule has 2 heterocycles. The van der Waals surface area contributed by atoms with E-state index in [-0.39, 0.29) is 11.5 Å². The molecule has 0 atom stereocenters. The van der Waals surface area contributed by atoms with Crippen molar-refractivity contribution in [3.8, 4) is 11.3 Å². The molecular weight excluding hydrogens is 403 g/mol. The zero-order valence-corrected chi connectivity index (χ0v) is 17.6. The Bertz CT molecular complexity index is 1100. The number of benzene rings is 1. The van der Waals surface area contributed by atoms with Crippen LogP contribution in [0.5, 0.6) is 0 Å². The lowest BCUT2D eigenvalue weighted by Gasteiger charge is -2.16. The second kappa shape index (κ2) is 9.50. The van der Waals surface area contributed by atoms with Crippen LogP contribution in [0.25, 0.3) is 16.8 Å². The minimum atomic E-state index is -0.426. The number of pyridine rings is 2. The van der Waals surface area contributed by atoms with Crippen LogP contribution in [-0.2, 0) is 0 Å². The number of hydrogen-bond acceptors (Lipinski definition) is 4. The van der Waals surface area contributed by atoms with Gasteiger partial charge in [0.1, 0.15) is 5.82 Å². The van der Waals surface area contributed by atoms with Crippen molar-refractivity contribution in [2.24, 2.45) is 0 Å². The highest BCUT2D eigenvalue weighted by molar-refractivity contribution is 6.30. The van der Waals surface area contributed by atoms with E-state index in [1.54, 1.807) is 24.5 Å². The number of nitrogens with zero attached hydrogens (tertiary/aromatic N) is 2. The third-order valence-electron chi connectivity index (χ3n) is 4.44. The average Bonchev–Trinajstić information content (AvgIpc) is 2.74.